The number of aromatic nitrogens is 2. The van der Waals surface area contributed by atoms with Gasteiger partial charge in [0, 0.05) is 40.9 Å². The molecule has 0 bridgehead atoms. The van der Waals surface area contributed by atoms with Crippen molar-refractivity contribution in [2.24, 2.45) is 5.92 Å². The number of hydrogen-bond donors (Lipinski definition) is 1. The number of halogens is 1. The van der Waals surface area contributed by atoms with Crippen LogP contribution in [0.15, 0.2) is 24.3 Å². The summed E-state index contributed by atoms with van der Waals surface area (Å²) in [6.07, 6.45) is 5.82. The van der Waals surface area contributed by atoms with Crippen LogP contribution >= 0.6 is 11.6 Å². The van der Waals surface area contributed by atoms with Crippen molar-refractivity contribution in [3.63, 3.8) is 0 Å². The lowest BCUT2D eigenvalue weighted by Crippen LogP contribution is -2.18. The van der Waals surface area contributed by atoms with Gasteiger partial charge >= 0.3 is 0 Å². The van der Waals surface area contributed by atoms with Gasteiger partial charge in [-0.25, -0.2) is 0 Å². The molecule has 2 atom stereocenters. The molecule has 4 heteroatoms. The van der Waals surface area contributed by atoms with E-state index in [-0.39, 0.29) is 0 Å². The fourth-order valence-electron chi connectivity index (χ4n) is 3.63. The van der Waals surface area contributed by atoms with Gasteiger partial charge in [-0.3, -0.25) is 4.68 Å². The van der Waals surface area contributed by atoms with Crippen molar-refractivity contribution in [1.82, 2.24) is 15.1 Å². The van der Waals surface area contributed by atoms with Crippen molar-refractivity contribution in [3.8, 4) is 11.3 Å². The molecule has 0 saturated carbocycles. The molecule has 0 spiro atoms. The minimum absolute atomic E-state index is 0.446. The molecule has 3 rings (SSSR count). The van der Waals surface area contributed by atoms with E-state index in [2.05, 4.69) is 42.9 Å². The molecule has 25 heavy (non-hydrogen) atoms. The second-order valence-electron chi connectivity index (χ2n) is 7.42. The topological polar surface area (TPSA) is 29.9 Å². The molecule has 2 heterocycles. The van der Waals surface area contributed by atoms with E-state index in [0.717, 1.165) is 42.6 Å². The largest absolute Gasteiger partial charge is 0.316 e. The molecular weight excluding hydrogens is 330 g/mol. The van der Waals surface area contributed by atoms with Crippen LogP contribution in [0, 0.1) is 5.92 Å². The van der Waals surface area contributed by atoms with Crippen LogP contribution in [-0.2, 0) is 12.8 Å². The van der Waals surface area contributed by atoms with Crippen LogP contribution in [-0.4, -0.2) is 22.9 Å². The number of hydrogen-bond acceptors (Lipinski definition) is 2. The lowest BCUT2D eigenvalue weighted by molar-refractivity contribution is 0.385. The number of rotatable bonds is 6. The Morgan fingerprint density at radius 1 is 1.12 bits per heavy atom. The van der Waals surface area contributed by atoms with Gasteiger partial charge in [-0.15, -0.1) is 0 Å². The SMILES string of the molecule is CCC(C)CCC(C)n1nc(-c2ccc(Cl)cc2)c2c1CCNCC2. The average molecular weight is 360 g/mol. The average Bonchev–Trinajstić information content (AvgIpc) is 2.81. The fourth-order valence-corrected chi connectivity index (χ4v) is 3.76. The maximum atomic E-state index is 6.07. The normalized spacial score (nSPS) is 17.0. The van der Waals surface area contributed by atoms with Crippen molar-refractivity contribution in [1.29, 1.82) is 0 Å². The lowest BCUT2D eigenvalue weighted by Gasteiger charge is -2.18. The predicted molar refractivity (Wildman–Crippen MR) is 106 cm³/mol. The summed E-state index contributed by atoms with van der Waals surface area (Å²) in [6, 6.07) is 8.56. The highest BCUT2D eigenvalue weighted by Gasteiger charge is 2.23. The van der Waals surface area contributed by atoms with Gasteiger partial charge in [-0.2, -0.15) is 5.10 Å². The van der Waals surface area contributed by atoms with Crippen LogP contribution in [0.3, 0.4) is 0 Å². The van der Waals surface area contributed by atoms with Crippen LogP contribution in [0.2, 0.25) is 5.02 Å². The molecule has 0 radical (unpaired) electrons. The molecule has 0 fully saturated rings. The molecule has 1 aliphatic rings. The van der Waals surface area contributed by atoms with Gasteiger partial charge in [0.1, 0.15) is 0 Å². The van der Waals surface area contributed by atoms with E-state index >= 15 is 0 Å². The zero-order chi connectivity index (χ0) is 17.8. The Morgan fingerprint density at radius 3 is 2.56 bits per heavy atom. The van der Waals surface area contributed by atoms with Gasteiger partial charge < -0.3 is 5.32 Å². The summed E-state index contributed by atoms with van der Waals surface area (Å²) in [5.74, 6) is 0.786. The molecule has 136 valence electrons. The smallest absolute Gasteiger partial charge is 0.0958 e. The van der Waals surface area contributed by atoms with E-state index in [9.17, 15) is 0 Å². The van der Waals surface area contributed by atoms with Gasteiger partial charge in [-0.05, 0) is 50.8 Å². The zero-order valence-corrected chi connectivity index (χ0v) is 16.4. The van der Waals surface area contributed by atoms with E-state index < -0.39 is 0 Å². The Labute approximate surface area is 156 Å². The highest BCUT2D eigenvalue weighted by Crippen LogP contribution is 2.31. The van der Waals surface area contributed by atoms with Crippen LogP contribution in [0.1, 0.15) is 57.3 Å². The molecule has 2 unspecified atom stereocenters. The van der Waals surface area contributed by atoms with Crippen molar-refractivity contribution in [3.05, 3.63) is 40.5 Å². The molecular formula is C21H30ClN3. The standard InChI is InChI=1S/C21H30ClN3/c1-4-15(2)5-6-16(3)25-20-12-14-23-13-11-19(20)21(24-25)17-7-9-18(22)10-8-17/h7-10,15-16,23H,4-6,11-14H2,1-3H3. The lowest BCUT2D eigenvalue weighted by atomic mass is 9.99. The monoisotopic (exact) mass is 359 g/mol. The van der Waals surface area contributed by atoms with Crippen LogP contribution in [0.25, 0.3) is 11.3 Å². The highest BCUT2D eigenvalue weighted by atomic mass is 35.5. The summed E-state index contributed by atoms with van der Waals surface area (Å²) in [5, 5.41) is 9.39. The first-order valence-corrected chi connectivity index (χ1v) is 10.0. The molecule has 1 aromatic carbocycles. The van der Waals surface area contributed by atoms with Gasteiger partial charge in [0.05, 0.1) is 5.69 Å². The third-order valence-electron chi connectivity index (χ3n) is 5.52. The first kappa shape index (κ1) is 18.5. The molecule has 3 nitrogen and oxygen atoms in total. The molecule has 2 aromatic rings. The Hall–Kier alpha value is -1.32. The molecule has 1 aromatic heterocycles. The zero-order valence-electron chi connectivity index (χ0n) is 15.7. The predicted octanol–water partition coefficient (Wildman–Crippen LogP) is 5.28. The molecule has 1 aliphatic heterocycles. The third kappa shape index (κ3) is 4.27. The number of nitrogens with one attached hydrogen (secondary N) is 1. The molecule has 0 saturated heterocycles. The maximum absolute atomic E-state index is 6.07. The molecule has 1 N–H and O–H groups in total. The van der Waals surface area contributed by atoms with Gasteiger partial charge in [0.15, 0.2) is 0 Å². The second kappa shape index (κ2) is 8.37. The minimum Gasteiger partial charge on any atom is -0.316 e. The third-order valence-corrected chi connectivity index (χ3v) is 5.77. The summed E-state index contributed by atoms with van der Waals surface area (Å²) < 4.78 is 2.31. The van der Waals surface area contributed by atoms with Crippen LogP contribution < -0.4 is 5.32 Å². The van der Waals surface area contributed by atoms with Crippen LogP contribution in [0.5, 0.6) is 0 Å². The van der Waals surface area contributed by atoms with E-state index in [4.69, 9.17) is 16.7 Å². The second-order valence-corrected chi connectivity index (χ2v) is 7.85. The Kier molecular flexibility index (Phi) is 6.19. The Bertz CT molecular complexity index is 690. The van der Waals surface area contributed by atoms with Crippen molar-refractivity contribution in [2.75, 3.05) is 13.1 Å². The van der Waals surface area contributed by atoms with Gasteiger partial charge in [0.2, 0.25) is 0 Å². The Balaban J connectivity index is 1.94. The van der Waals surface area contributed by atoms with Crippen molar-refractivity contribution in [2.45, 2.75) is 58.9 Å². The van der Waals surface area contributed by atoms with E-state index in [1.807, 2.05) is 12.1 Å². The first-order valence-electron chi connectivity index (χ1n) is 9.67. The van der Waals surface area contributed by atoms with Crippen LogP contribution in [0.4, 0.5) is 0 Å². The van der Waals surface area contributed by atoms with E-state index in [1.54, 1.807) is 0 Å². The summed E-state index contributed by atoms with van der Waals surface area (Å²) in [7, 11) is 0. The quantitative estimate of drug-likeness (QED) is 0.760. The van der Waals surface area contributed by atoms with Gasteiger partial charge in [0.25, 0.3) is 0 Å². The highest BCUT2D eigenvalue weighted by molar-refractivity contribution is 6.30. The van der Waals surface area contributed by atoms with Crippen molar-refractivity contribution >= 4 is 11.6 Å². The summed E-state index contributed by atoms with van der Waals surface area (Å²) >= 11 is 6.07. The summed E-state index contributed by atoms with van der Waals surface area (Å²) in [5.41, 5.74) is 5.16. The number of benzene rings is 1. The number of nitrogens with zero attached hydrogens (tertiary/aromatic N) is 2. The molecule has 0 amide bonds. The minimum atomic E-state index is 0.446. The maximum Gasteiger partial charge on any atom is 0.0958 e. The number of fused-ring (bicyclic) bond motifs is 1. The Morgan fingerprint density at radius 2 is 1.84 bits per heavy atom. The van der Waals surface area contributed by atoms with E-state index in [1.165, 1.54) is 36.1 Å². The first-order chi connectivity index (χ1) is 12.1. The fraction of sp³-hybridized carbons (Fsp3) is 0.571. The van der Waals surface area contributed by atoms with Crippen molar-refractivity contribution < 1.29 is 0 Å². The summed E-state index contributed by atoms with van der Waals surface area (Å²) in [6.45, 7) is 9.01. The van der Waals surface area contributed by atoms with E-state index in [0.29, 0.717) is 6.04 Å². The summed E-state index contributed by atoms with van der Waals surface area (Å²) in [4.78, 5) is 0. The van der Waals surface area contributed by atoms with Gasteiger partial charge in [-0.1, -0.05) is 44.0 Å². The molecule has 0 aliphatic carbocycles.